The fourth-order valence-corrected chi connectivity index (χ4v) is 2.49. The second-order valence-electron chi connectivity index (χ2n) is 5.22. The average Bonchev–Trinajstić information content (AvgIpc) is 2.46. The molecule has 0 aliphatic carbocycles. The number of carbonyl (C=O) groups is 2. The van der Waals surface area contributed by atoms with Crippen molar-refractivity contribution in [1.29, 1.82) is 0 Å². The van der Waals surface area contributed by atoms with E-state index in [2.05, 4.69) is 0 Å². The van der Waals surface area contributed by atoms with Gasteiger partial charge in [0.15, 0.2) is 0 Å². The number of carbonyl (C=O) groups excluding carboxylic acids is 2. The summed E-state index contributed by atoms with van der Waals surface area (Å²) in [6.07, 6.45) is 0. The number of hydrogen-bond acceptors (Lipinski definition) is 3. The van der Waals surface area contributed by atoms with Gasteiger partial charge in [-0.1, -0.05) is 12.1 Å². The van der Waals surface area contributed by atoms with Crippen LogP contribution in [0.2, 0.25) is 0 Å². The summed E-state index contributed by atoms with van der Waals surface area (Å²) in [6, 6.07) is 7.44. The Morgan fingerprint density at radius 1 is 1.15 bits per heavy atom. The van der Waals surface area contributed by atoms with Crippen molar-refractivity contribution in [1.82, 2.24) is 9.80 Å². The van der Waals surface area contributed by atoms with E-state index >= 15 is 0 Å². The molecule has 0 saturated carbocycles. The van der Waals surface area contributed by atoms with Gasteiger partial charge >= 0.3 is 0 Å². The number of anilines is 1. The summed E-state index contributed by atoms with van der Waals surface area (Å²) < 4.78 is 0. The third-order valence-electron chi connectivity index (χ3n) is 3.82. The Bertz CT molecular complexity index is 508. The van der Waals surface area contributed by atoms with Crippen LogP contribution in [0.1, 0.15) is 25.3 Å². The van der Waals surface area contributed by atoms with Crippen LogP contribution < -0.4 is 5.73 Å². The molecule has 0 radical (unpaired) electrons. The molecule has 0 aromatic heterocycles. The van der Waals surface area contributed by atoms with Gasteiger partial charge in [-0.25, -0.2) is 0 Å². The standard InChI is InChI=1S/C15H21N3O2/c1-11(13-4-3-5-14(16)10-13)15(20)18-8-6-17(7-9-18)12(2)19/h3-5,10-11H,6-9,16H2,1-2H3. The summed E-state index contributed by atoms with van der Waals surface area (Å²) in [5, 5.41) is 0. The molecule has 1 atom stereocenters. The molecule has 5 heteroatoms. The summed E-state index contributed by atoms with van der Waals surface area (Å²) >= 11 is 0. The maximum atomic E-state index is 12.5. The first-order valence-electron chi connectivity index (χ1n) is 6.89. The number of benzene rings is 1. The van der Waals surface area contributed by atoms with Crippen molar-refractivity contribution in [2.45, 2.75) is 19.8 Å². The third kappa shape index (κ3) is 3.10. The maximum Gasteiger partial charge on any atom is 0.229 e. The number of rotatable bonds is 2. The van der Waals surface area contributed by atoms with Crippen LogP contribution in [0.5, 0.6) is 0 Å². The van der Waals surface area contributed by atoms with Gasteiger partial charge in [-0.3, -0.25) is 9.59 Å². The van der Waals surface area contributed by atoms with Crippen molar-refractivity contribution < 1.29 is 9.59 Å². The molecule has 2 amide bonds. The summed E-state index contributed by atoms with van der Waals surface area (Å²) in [7, 11) is 0. The highest BCUT2D eigenvalue weighted by Crippen LogP contribution is 2.20. The monoisotopic (exact) mass is 275 g/mol. The first-order valence-corrected chi connectivity index (χ1v) is 6.89. The smallest absolute Gasteiger partial charge is 0.229 e. The number of nitrogen functional groups attached to an aromatic ring is 1. The van der Waals surface area contributed by atoms with Crippen molar-refractivity contribution in [2.75, 3.05) is 31.9 Å². The Morgan fingerprint density at radius 2 is 1.75 bits per heavy atom. The van der Waals surface area contributed by atoms with Crippen molar-refractivity contribution >= 4 is 17.5 Å². The van der Waals surface area contributed by atoms with E-state index < -0.39 is 0 Å². The first-order chi connectivity index (χ1) is 9.49. The van der Waals surface area contributed by atoms with Crippen molar-refractivity contribution in [3.63, 3.8) is 0 Å². The molecule has 2 N–H and O–H groups in total. The number of piperazine rings is 1. The van der Waals surface area contributed by atoms with E-state index in [4.69, 9.17) is 5.73 Å². The van der Waals surface area contributed by atoms with Gasteiger partial charge in [0.25, 0.3) is 0 Å². The van der Waals surface area contributed by atoms with Gasteiger partial charge in [0.2, 0.25) is 11.8 Å². The van der Waals surface area contributed by atoms with Crippen LogP contribution in [0.4, 0.5) is 5.69 Å². The molecule has 1 unspecified atom stereocenters. The fourth-order valence-electron chi connectivity index (χ4n) is 2.49. The van der Waals surface area contributed by atoms with Crippen LogP contribution in [0, 0.1) is 0 Å². The van der Waals surface area contributed by atoms with Crippen molar-refractivity contribution in [3.05, 3.63) is 29.8 Å². The Hall–Kier alpha value is -2.04. The van der Waals surface area contributed by atoms with Gasteiger partial charge in [0.1, 0.15) is 0 Å². The minimum atomic E-state index is -0.206. The minimum Gasteiger partial charge on any atom is -0.399 e. The minimum absolute atomic E-state index is 0.0704. The second-order valence-corrected chi connectivity index (χ2v) is 5.22. The highest BCUT2D eigenvalue weighted by molar-refractivity contribution is 5.84. The SMILES string of the molecule is CC(=O)N1CCN(C(=O)C(C)c2cccc(N)c2)CC1. The van der Waals surface area contributed by atoms with Crippen LogP contribution in [-0.4, -0.2) is 47.8 Å². The lowest BCUT2D eigenvalue weighted by Crippen LogP contribution is -2.50. The number of hydrogen-bond donors (Lipinski definition) is 1. The predicted octanol–water partition coefficient (Wildman–Crippen LogP) is 1.06. The Kier molecular flexibility index (Phi) is 4.27. The van der Waals surface area contributed by atoms with E-state index in [1.165, 1.54) is 0 Å². The summed E-state index contributed by atoms with van der Waals surface area (Å²) in [4.78, 5) is 27.3. The quantitative estimate of drug-likeness (QED) is 0.821. The van der Waals surface area contributed by atoms with Gasteiger partial charge in [0.05, 0.1) is 5.92 Å². The van der Waals surface area contributed by atoms with Crippen molar-refractivity contribution in [3.8, 4) is 0 Å². The normalized spacial score (nSPS) is 16.9. The third-order valence-corrected chi connectivity index (χ3v) is 3.82. The number of nitrogens with two attached hydrogens (primary N) is 1. The molecule has 1 fully saturated rings. The lowest BCUT2D eigenvalue weighted by Gasteiger charge is -2.35. The molecule has 1 aromatic rings. The van der Waals surface area contributed by atoms with E-state index in [-0.39, 0.29) is 17.7 Å². The second kappa shape index (κ2) is 5.94. The van der Waals surface area contributed by atoms with Gasteiger partial charge in [-0.05, 0) is 24.6 Å². The predicted molar refractivity (Wildman–Crippen MR) is 78.1 cm³/mol. The summed E-state index contributed by atoms with van der Waals surface area (Å²) in [5.74, 6) is -0.0397. The zero-order valence-corrected chi connectivity index (χ0v) is 12.0. The van der Waals surface area contributed by atoms with Crippen molar-refractivity contribution in [2.24, 2.45) is 0 Å². The number of nitrogens with zero attached hydrogens (tertiary/aromatic N) is 2. The Morgan fingerprint density at radius 3 is 2.30 bits per heavy atom. The highest BCUT2D eigenvalue weighted by atomic mass is 16.2. The van der Waals surface area contributed by atoms with E-state index in [0.29, 0.717) is 31.9 Å². The Labute approximate surface area is 119 Å². The molecule has 1 aliphatic rings. The lowest BCUT2D eigenvalue weighted by molar-refractivity contribution is -0.139. The molecular formula is C15H21N3O2. The lowest BCUT2D eigenvalue weighted by atomic mass is 9.99. The van der Waals surface area contributed by atoms with Gasteiger partial charge in [0, 0.05) is 38.8 Å². The largest absolute Gasteiger partial charge is 0.399 e. The molecule has 0 bridgehead atoms. The van der Waals surface area contributed by atoms with Crippen LogP contribution >= 0.6 is 0 Å². The molecule has 108 valence electrons. The number of amides is 2. The zero-order chi connectivity index (χ0) is 14.7. The van der Waals surface area contributed by atoms with Crippen LogP contribution in [0.3, 0.4) is 0 Å². The molecular weight excluding hydrogens is 254 g/mol. The molecule has 2 rings (SSSR count). The first kappa shape index (κ1) is 14.4. The Balaban J connectivity index is 2.00. The van der Waals surface area contributed by atoms with E-state index in [1.807, 2.05) is 36.1 Å². The highest BCUT2D eigenvalue weighted by Gasteiger charge is 2.26. The van der Waals surface area contributed by atoms with Gasteiger partial charge in [-0.15, -0.1) is 0 Å². The van der Waals surface area contributed by atoms with Crippen LogP contribution in [-0.2, 0) is 9.59 Å². The molecule has 1 saturated heterocycles. The summed E-state index contributed by atoms with van der Waals surface area (Å²) in [5.41, 5.74) is 7.36. The van der Waals surface area contributed by atoms with E-state index in [0.717, 1.165) is 5.56 Å². The molecule has 1 aromatic carbocycles. The van der Waals surface area contributed by atoms with E-state index in [1.54, 1.807) is 11.8 Å². The molecule has 0 spiro atoms. The molecule has 1 heterocycles. The maximum absolute atomic E-state index is 12.5. The zero-order valence-electron chi connectivity index (χ0n) is 12.0. The topological polar surface area (TPSA) is 66.6 Å². The molecule has 1 aliphatic heterocycles. The van der Waals surface area contributed by atoms with Crippen LogP contribution in [0.15, 0.2) is 24.3 Å². The van der Waals surface area contributed by atoms with Gasteiger partial charge in [-0.2, -0.15) is 0 Å². The summed E-state index contributed by atoms with van der Waals surface area (Å²) in [6.45, 7) is 5.90. The van der Waals surface area contributed by atoms with Gasteiger partial charge < -0.3 is 15.5 Å². The average molecular weight is 275 g/mol. The molecule has 20 heavy (non-hydrogen) atoms. The van der Waals surface area contributed by atoms with Crippen LogP contribution in [0.25, 0.3) is 0 Å². The fraction of sp³-hybridized carbons (Fsp3) is 0.467. The van der Waals surface area contributed by atoms with E-state index in [9.17, 15) is 9.59 Å². The molecule has 5 nitrogen and oxygen atoms in total.